The number of aromatic nitrogens is 3. The van der Waals surface area contributed by atoms with Crippen LogP contribution >= 0.6 is 0 Å². The lowest BCUT2D eigenvalue weighted by Crippen LogP contribution is -2.46. The minimum absolute atomic E-state index is 0.162. The van der Waals surface area contributed by atoms with Crippen LogP contribution in [0.4, 0.5) is 10.3 Å². The van der Waals surface area contributed by atoms with Crippen molar-refractivity contribution in [3.63, 3.8) is 0 Å². The molecule has 0 bridgehead atoms. The predicted molar refractivity (Wildman–Crippen MR) is 141 cm³/mol. The first-order chi connectivity index (χ1) is 17.9. The van der Waals surface area contributed by atoms with E-state index in [1.165, 1.54) is 16.4 Å². The lowest BCUT2D eigenvalue weighted by atomic mass is 9.93. The van der Waals surface area contributed by atoms with Crippen molar-refractivity contribution in [1.82, 2.24) is 24.2 Å². The van der Waals surface area contributed by atoms with Gasteiger partial charge in [-0.15, -0.1) is 0 Å². The molecule has 200 valence electrons. The van der Waals surface area contributed by atoms with Gasteiger partial charge in [0, 0.05) is 62.1 Å². The van der Waals surface area contributed by atoms with Gasteiger partial charge in [-0.05, 0) is 49.8 Å². The van der Waals surface area contributed by atoms with E-state index in [2.05, 4.69) is 27.1 Å². The van der Waals surface area contributed by atoms with Crippen LogP contribution in [-0.4, -0.2) is 71.2 Å². The highest BCUT2D eigenvalue weighted by atomic mass is 32.2. The Labute approximate surface area is 217 Å². The van der Waals surface area contributed by atoms with Crippen LogP contribution in [-0.2, 0) is 10.0 Å². The van der Waals surface area contributed by atoms with Crippen LogP contribution in [0.2, 0.25) is 0 Å². The van der Waals surface area contributed by atoms with Gasteiger partial charge in [0.15, 0.2) is 0 Å². The van der Waals surface area contributed by atoms with Gasteiger partial charge in [-0.25, -0.2) is 17.8 Å². The largest absolute Gasteiger partial charge is 0.393 e. The van der Waals surface area contributed by atoms with Crippen LogP contribution in [0.15, 0.2) is 35.5 Å². The Bertz CT molecular complexity index is 1350. The summed E-state index contributed by atoms with van der Waals surface area (Å²) in [5, 5.41) is 17.2. The Morgan fingerprint density at radius 3 is 2.65 bits per heavy atom. The molecule has 3 N–H and O–H groups in total. The molecule has 1 saturated carbocycles. The molecule has 3 aromatic rings. The number of halogens is 1. The SMILES string of the molecule is CCCCNc1ncc2c(-c3ccc(S(=O)(=O)N4CCNCC4)c(F)c3)cn(C3CCC(O)CC3)c2n1. The van der Waals surface area contributed by atoms with E-state index in [1.54, 1.807) is 12.3 Å². The van der Waals surface area contributed by atoms with Crippen molar-refractivity contribution in [1.29, 1.82) is 0 Å². The van der Waals surface area contributed by atoms with Gasteiger partial charge < -0.3 is 20.3 Å². The summed E-state index contributed by atoms with van der Waals surface area (Å²) in [6.45, 7) is 4.63. The molecule has 2 fully saturated rings. The minimum Gasteiger partial charge on any atom is -0.393 e. The highest BCUT2D eigenvalue weighted by molar-refractivity contribution is 7.89. The van der Waals surface area contributed by atoms with Crippen molar-refractivity contribution in [2.75, 3.05) is 38.0 Å². The molecule has 5 rings (SSSR count). The highest BCUT2D eigenvalue weighted by Crippen LogP contribution is 2.37. The number of benzene rings is 1. The van der Waals surface area contributed by atoms with Crippen LogP contribution in [0.5, 0.6) is 0 Å². The van der Waals surface area contributed by atoms with Crippen molar-refractivity contribution < 1.29 is 17.9 Å². The third-order valence-corrected chi connectivity index (χ3v) is 9.31. The number of hydrogen-bond donors (Lipinski definition) is 3. The summed E-state index contributed by atoms with van der Waals surface area (Å²) in [7, 11) is -3.91. The van der Waals surface area contributed by atoms with E-state index < -0.39 is 15.8 Å². The number of anilines is 1. The monoisotopic (exact) mass is 530 g/mol. The second-order valence-electron chi connectivity index (χ2n) is 9.92. The van der Waals surface area contributed by atoms with Gasteiger partial charge in [-0.2, -0.15) is 9.29 Å². The third-order valence-electron chi connectivity index (χ3n) is 7.38. The average molecular weight is 531 g/mol. The Morgan fingerprint density at radius 2 is 1.95 bits per heavy atom. The number of sulfonamides is 1. The molecular formula is C26H35FN6O3S. The summed E-state index contributed by atoms with van der Waals surface area (Å²) in [5.41, 5.74) is 2.08. The van der Waals surface area contributed by atoms with Crippen LogP contribution in [0.3, 0.4) is 0 Å². The van der Waals surface area contributed by atoms with Gasteiger partial charge in [0.05, 0.1) is 6.10 Å². The number of nitrogens with zero attached hydrogens (tertiary/aromatic N) is 4. The standard InChI is InChI=1S/C26H35FN6O3S/c1-2-3-10-29-26-30-16-21-22(17-33(25(21)31-26)19-5-7-20(34)8-6-19)18-4-9-24(23(27)15-18)37(35,36)32-13-11-28-12-14-32/h4,9,15-17,19-20,28,34H,2-3,5-8,10-14H2,1H3,(H,29,30,31). The maximum atomic E-state index is 15.3. The zero-order chi connectivity index (χ0) is 26.0. The van der Waals surface area contributed by atoms with Gasteiger partial charge in [-0.3, -0.25) is 0 Å². The van der Waals surface area contributed by atoms with Gasteiger partial charge in [0.1, 0.15) is 16.4 Å². The molecule has 3 heterocycles. The molecule has 0 unspecified atom stereocenters. The Hall–Kier alpha value is -2.60. The van der Waals surface area contributed by atoms with Gasteiger partial charge >= 0.3 is 0 Å². The zero-order valence-electron chi connectivity index (χ0n) is 21.2. The van der Waals surface area contributed by atoms with E-state index >= 15 is 4.39 Å². The maximum absolute atomic E-state index is 15.3. The smallest absolute Gasteiger partial charge is 0.246 e. The van der Waals surface area contributed by atoms with Crippen molar-refractivity contribution in [3.05, 3.63) is 36.4 Å². The van der Waals surface area contributed by atoms with E-state index in [0.29, 0.717) is 37.7 Å². The molecule has 37 heavy (non-hydrogen) atoms. The fraction of sp³-hybridized carbons (Fsp3) is 0.538. The second kappa shape index (κ2) is 11.0. The molecule has 0 radical (unpaired) electrons. The van der Waals surface area contributed by atoms with E-state index in [0.717, 1.165) is 61.7 Å². The fourth-order valence-electron chi connectivity index (χ4n) is 5.24. The number of piperazine rings is 1. The first kappa shape index (κ1) is 26.0. The van der Waals surface area contributed by atoms with Crippen LogP contribution in [0.1, 0.15) is 51.5 Å². The van der Waals surface area contributed by atoms with E-state index in [1.807, 2.05) is 6.20 Å². The number of nitrogens with one attached hydrogen (secondary N) is 2. The molecule has 1 saturated heterocycles. The van der Waals surface area contributed by atoms with Crippen molar-refractivity contribution in [2.45, 2.75) is 62.5 Å². The molecular weight excluding hydrogens is 495 g/mol. The Morgan fingerprint density at radius 1 is 1.19 bits per heavy atom. The van der Waals surface area contributed by atoms with Gasteiger partial charge in [-0.1, -0.05) is 19.4 Å². The Balaban J connectivity index is 1.53. The highest BCUT2D eigenvalue weighted by Gasteiger charge is 2.29. The lowest BCUT2D eigenvalue weighted by Gasteiger charge is -2.27. The quantitative estimate of drug-likeness (QED) is 0.382. The molecule has 2 aliphatic rings. The van der Waals surface area contributed by atoms with Gasteiger partial charge in [0.25, 0.3) is 0 Å². The lowest BCUT2D eigenvalue weighted by molar-refractivity contribution is 0.111. The van der Waals surface area contributed by atoms with Gasteiger partial charge in [0.2, 0.25) is 16.0 Å². The van der Waals surface area contributed by atoms with E-state index in [9.17, 15) is 13.5 Å². The van der Waals surface area contributed by atoms with Crippen molar-refractivity contribution >= 4 is 27.0 Å². The van der Waals surface area contributed by atoms with Crippen LogP contribution in [0.25, 0.3) is 22.2 Å². The molecule has 2 aromatic heterocycles. The van der Waals surface area contributed by atoms with Crippen molar-refractivity contribution in [3.8, 4) is 11.1 Å². The molecule has 0 spiro atoms. The third kappa shape index (κ3) is 5.36. The molecule has 9 nitrogen and oxygen atoms in total. The number of aliphatic hydroxyl groups excluding tert-OH is 1. The maximum Gasteiger partial charge on any atom is 0.246 e. The number of rotatable bonds is 8. The van der Waals surface area contributed by atoms with Crippen LogP contribution < -0.4 is 10.6 Å². The van der Waals surface area contributed by atoms with E-state index in [4.69, 9.17) is 4.98 Å². The van der Waals surface area contributed by atoms with Crippen LogP contribution in [0, 0.1) is 5.82 Å². The zero-order valence-corrected chi connectivity index (χ0v) is 22.0. The summed E-state index contributed by atoms with van der Waals surface area (Å²) in [5.74, 6) is -0.220. The molecule has 0 atom stereocenters. The van der Waals surface area contributed by atoms with Crippen molar-refractivity contribution in [2.24, 2.45) is 0 Å². The molecule has 0 amide bonds. The molecule has 1 aliphatic heterocycles. The van der Waals surface area contributed by atoms with E-state index in [-0.39, 0.29) is 17.0 Å². The summed E-state index contributed by atoms with van der Waals surface area (Å²) < 4.78 is 44.9. The first-order valence-electron chi connectivity index (χ1n) is 13.2. The number of hydrogen-bond acceptors (Lipinski definition) is 7. The average Bonchev–Trinajstić information content (AvgIpc) is 3.28. The topological polar surface area (TPSA) is 112 Å². The summed E-state index contributed by atoms with van der Waals surface area (Å²) in [6.07, 6.45) is 8.60. The number of unbranched alkanes of at least 4 members (excludes halogenated alkanes) is 1. The fourth-order valence-corrected chi connectivity index (χ4v) is 6.72. The first-order valence-corrected chi connectivity index (χ1v) is 14.6. The molecule has 1 aromatic carbocycles. The summed E-state index contributed by atoms with van der Waals surface area (Å²) >= 11 is 0. The molecule has 1 aliphatic carbocycles. The summed E-state index contributed by atoms with van der Waals surface area (Å²) in [6, 6.07) is 4.49. The number of aliphatic hydroxyl groups is 1. The second-order valence-corrected chi connectivity index (χ2v) is 11.8. The summed E-state index contributed by atoms with van der Waals surface area (Å²) in [4.78, 5) is 9.00. The predicted octanol–water partition coefficient (Wildman–Crippen LogP) is 3.52. The minimum atomic E-state index is -3.91. The molecule has 11 heteroatoms. The Kier molecular flexibility index (Phi) is 7.75. The normalized spacial score (nSPS) is 21.4. The number of fused-ring (bicyclic) bond motifs is 1.